The van der Waals surface area contributed by atoms with Crippen molar-refractivity contribution >= 4 is 6.09 Å². The molecule has 0 aromatic heterocycles. The summed E-state index contributed by atoms with van der Waals surface area (Å²) in [5, 5.41) is 9.57. The minimum Gasteiger partial charge on any atom is -0.450 e. The number of benzene rings is 1. The van der Waals surface area contributed by atoms with Gasteiger partial charge in [0.25, 0.3) is 0 Å². The maximum Gasteiger partial charge on any atom is 0.409 e. The Balaban J connectivity index is 2.00. The van der Waals surface area contributed by atoms with Crippen LogP contribution in [0.25, 0.3) is 0 Å². The molecule has 0 spiro atoms. The van der Waals surface area contributed by atoms with Crippen molar-refractivity contribution in [1.82, 2.24) is 9.80 Å². The lowest BCUT2D eigenvalue weighted by Crippen LogP contribution is -2.49. The van der Waals surface area contributed by atoms with Crippen LogP contribution in [0.4, 0.5) is 4.79 Å². The van der Waals surface area contributed by atoms with Crippen molar-refractivity contribution < 1.29 is 9.53 Å². The Hall–Kier alpha value is -2.06. The average molecular weight is 315 g/mol. The van der Waals surface area contributed by atoms with E-state index in [0.29, 0.717) is 38.7 Å². The first kappa shape index (κ1) is 17.3. The highest BCUT2D eigenvalue weighted by atomic mass is 16.6. The number of nitrogens with zero attached hydrogens (tertiary/aromatic N) is 3. The molecule has 0 bridgehead atoms. The molecule has 0 radical (unpaired) electrons. The van der Waals surface area contributed by atoms with Crippen LogP contribution in [0.5, 0.6) is 0 Å². The molecule has 1 aromatic rings. The summed E-state index contributed by atoms with van der Waals surface area (Å²) in [5.74, 6) is 0.484. The summed E-state index contributed by atoms with van der Waals surface area (Å²) < 4.78 is 5.03. The van der Waals surface area contributed by atoms with Crippen LogP contribution in [0.15, 0.2) is 24.3 Å². The number of ether oxygens (including phenoxy) is 1. The molecule has 23 heavy (non-hydrogen) atoms. The van der Waals surface area contributed by atoms with Gasteiger partial charge in [-0.25, -0.2) is 4.79 Å². The van der Waals surface area contributed by atoms with E-state index in [2.05, 4.69) is 36.9 Å². The van der Waals surface area contributed by atoms with Crippen molar-refractivity contribution in [3.8, 4) is 6.07 Å². The molecule has 1 saturated heterocycles. The summed E-state index contributed by atoms with van der Waals surface area (Å²) >= 11 is 0. The molecule has 1 aromatic carbocycles. The highest BCUT2D eigenvalue weighted by molar-refractivity contribution is 5.67. The monoisotopic (exact) mass is 315 g/mol. The van der Waals surface area contributed by atoms with Crippen LogP contribution in [0, 0.1) is 11.3 Å². The highest BCUT2D eigenvalue weighted by Gasteiger charge is 2.27. The van der Waals surface area contributed by atoms with Crippen molar-refractivity contribution in [3.05, 3.63) is 35.4 Å². The van der Waals surface area contributed by atoms with E-state index in [1.807, 2.05) is 12.1 Å². The summed E-state index contributed by atoms with van der Waals surface area (Å²) in [6.07, 6.45) is -0.262. The van der Waals surface area contributed by atoms with Crippen molar-refractivity contribution in [3.63, 3.8) is 0 Å². The van der Waals surface area contributed by atoms with Gasteiger partial charge in [0.05, 0.1) is 12.7 Å². The molecule has 1 fully saturated rings. The van der Waals surface area contributed by atoms with Gasteiger partial charge in [-0.05, 0) is 24.0 Å². The molecule has 1 heterocycles. The fourth-order valence-corrected chi connectivity index (χ4v) is 2.81. The Bertz CT molecular complexity index is 555. The van der Waals surface area contributed by atoms with Crippen molar-refractivity contribution in [2.45, 2.75) is 32.7 Å². The smallest absolute Gasteiger partial charge is 0.409 e. The lowest BCUT2D eigenvalue weighted by molar-refractivity contribution is 0.0733. The van der Waals surface area contributed by atoms with Gasteiger partial charge in [-0.15, -0.1) is 0 Å². The van der Waals surface area contributed by atoms with E-state index in [0.717, 1.165) is 5.56 Å². The van der Waals surface area contributed by atoms with Gasteiger partial charge in [0.1, 0.15) is 6.04 Å². The van der Waals surface area contributed by atoms with Gasteiger partial charge in [-0.2, -0.15) is 5.26 Å². The highest BCUT2D eigenvalue weighted by Crippen LogP contribution is 2.24. The van der Waals surface area contributed by atoms with E-state index >= 15 is 0 Å². The largest absolute Gasteiger partial charge is 0.450 e. The molecule has 124 valence electrons. The fraction of sp³-hybridized carbons (Fsp3) is 0.556. The normalized spacial score (nSPS) is 16.9. The van der Waals surface area contributed by atoms with Gasteiger partial charge >= 0.3 is 6.09 Å². The van der Waals surface area contributed by atoms with Crippen molar-refractivity contribution in [2.75, 3.05) is 32.8 Å². The van der Waals surface area contributed by atoms with Gasteiger partial charge in [0.15, 0.2) is 0 Å². The van der Waals surface area contributed by atoms with Crippen LogP contribution in [-0.4, -0.2) is 48.7 Å². The average Bonchev–Trinajstić information content (AvgIpc) is 2.57. The zero-order chi connectivity index (χ0) is 16.8. The predicted molar refractivity (Wildman–Crippen MR) is 89.1 cm³/mol. The Kier molecular flexibility index (Phi) is 6.00. The summed E-state index contributed by atoms with van der Waals surface area (Å²) in [5.41, 5.74) is 2.29. The second kappa shape index (κ2) is 7.98. The molecule has 0 N–H and O–H groups in total. The zero-order valence-corrected chi connectivity index (χ0v) is 14.2. The van der Waals surface area contributed by atoms with Crippen molar-refractivity contribution in [2.24, 2.45) is 0 Å². The van der Waals surface area contributed by atoms with Crippen LogP contribution in [-0.2, 0) is 4.74 Å². The minimum absolute atomic E-state index is 0.262. The van der Waals surface area contributed by atoms with E-state index < -0.39 is 0 Å². The molecule has 0 saturated carbocycles. The quantitative estimate of drug-likeness (QED) is 0.856. The van der Waals surface area contributed by atoms with Crippen LogP contribution < -0.4 is 0 Å². The minimum atomic E-state index is -0.263. The first-order valence-electron chi connectivity index (χ1n) is 8.22. The maximum atomic E-state index is 11.7. The van der Waals surface area contributed by atoms with Crippen LogP contribution in [0.3, 0.4) is 0 Å². The molecule has 1 aliphatic heterocycles. The molecule has 1 aliphatic rings. The van der Waals surface area contributed by atoms with E-state index in [1.165, 1.54) is 5.56 Å². The summed E-state index contributed by atoms with van der Waals surface area (Å²) in [4.78, 5) is 15.6. The number of carbonyl (C=O) groups excluding carboxylic acids is 1. The molecule has 0 aliphatic carbocycles. The van der Waals surface area contributed by atoms with E-state index in [9.17, 15) is 10.1 Å². The summed E-state index contributed by atoms with van der Waals surface area (Å²) in [6.45, 7) is 9.08. The third kappa shape index (κ3) is 4.23. The van der Waals surface area contributed by atoms with Gasteiger partial charge in [-0.1, -0.05) is 38.1 Å². The molecular weight excluding hydrogens is 290 g/mol. The van der Waals surface area contributed by atoms with Crippen LogP contribution >= 0.6 is 0 Å². The number of piperazine rings is 1. The first-order chi connectivity index (χ1) is 11.1. The Labute approximate surface area is 138 Å². The third-order valence-corrected chi connectivity index (χ3v) is 4.25. The van der Waals surface area contributed by atoms with Gasteiger partial charge < -0.3 is 9.64 Å². The van der Waals surface area contributed by atoms with Gasteiger partial charge in [-0.3, -0.25) is 4.90 Å². The van der Waals surface area contributed by atoms with E-state index in [4.69, 9.17) is 4.74 Å². The number of rotatable bonds is 4. The molecule has 5 nitrogen and oxygen atoms in total. The number of nitriles is 1. The maximum absolute atomic E-state index is 11.7. The standard InChI is InChI=1S/C18H25N3O2/c1-4-23-18(22)21-11-9-20(10-12-21)17(13-19)16-7-5-15(6-8-16)14(2)3/h5-8,14,17H,4,9-12H2,1-3H3. The molecule has 1 unspecified atom stereocenters. The second-order valence-corrected chi connectivity index (χ2v) is 6.07. The van der Waals surface area contributed by atoms with E-state index in [-0.39, 0.29) is 12.1 Å². The Morgan fingerprint density at radius 2 is 1.74 bits per heavy atom. The Morgan fingerprint density at radius 1 is 1.17 bits per heavy atom. The molecule has 2 rings (SSSR count). The van der Waals surface area contributed by atoms with Crippen LogP contribution in [0.1, 0.15) is 43.9 Å². The van der Waals surface area contributed by atoms with Gasteiger partial charge in [0, 0.05) is 26.2 Å². The summed E-state index contributed by atoms with van der Waals surface area (Å²) in [6, 6.07) is 10.4. The number of amides is 1. The SMILES string of the molecule is CCOC(=O)N1CCN(C(C#N)c2ccc(C(C)C)cc2)CC1. The zero-order valence-electron chi connectivity index (χ0n) is 14.2. The third-order valence-electron chi connectivity index (χ3n) is 4.25. The first-order valence-corrected chi connectivity index (χ1v) is 8.22. The lowest BCUT2D eigenvalue weighted by Gasteiger charge is -2.36. The Morgan fingerprint density at radius 3 is 2.22 bits per heavy atom. The second-order valence-electron chi connectivity index (χ2n) is 6.07. The number of hydrogen-bond donors (Lipinski definition) is 0. The summed E-state index contributed by atoms with van der Waals surface area (Å²) in [7, 11) is 0. The molecular formula is C18H25N3O2. The fourth-order valence-electron chi connectivity index (χ4n) is 2.81. The molecule has 1 amide bonds. The topological polar surface area (TPSA) is 56.6 Å². The van der Waals surface area contributed by atoms with E-state index in [1.54, 1.807) is 11.8 Å². The molecule has 5 heteroatoms. The van der Waals surface area contributed by atoms with Crippen molar-refractivity contribution in [1.29, 1.82) is 5.26 Å². The molecule has 1 atom stereocenters. The number of hydrogen-bond acceptors (Lipinski definition) is 4. The number of carbonyl (C=O) groups is 1. The van der Waals surface area contributed by atoms with Gasteiger partial charge in [0.2, 0.25) is 0 Å². The predicted octanol–water partition coefficient (Wildman–Crippen LogP) is 3.15. The lowest BCUT2D eigenvalue weighted by atomic mass is 9.98. The van der Waals surface area contributed by atoms with Crippen LogP contribution in [0.2, 0.25) is 0 Å².